The average molecular weight is 333 g/mol. The number of halogens is 5. The van der Waals surface area contributed by atoms with Crippen molar-refractivity contribution in [3.05, 3.63) is 28.8 Å². The Bertz CT molecular complexity index is 416. The van der Waals surface area contributed by atoms with E-state index in [0.29, 0.717) is 18.5 Å². The van der Waals surface area contributed by atoms with Crippen LogP contribution in [0.5, 0.6) is 5.75 Å². The van der Waals surface area contributed by atoms with Crippen molar-refractivity contribution in [3.8, 4) is 5.75 Å². The van der Waals surface area contributed by atoms with Gasteiger partial charge in [-0.3, -0.25) is 0 Å². The van der Waals surface area contributed by atoms with Crippen LogP contribution in [-0.4, -0.2) is 12.9 Å². The lowest BCUT2D eigenvalue weighted by Gasteiger charge is -2.15. The molecule has 4 N–H and O–H groups in total. The Labute approximate surface area is 126 Å². The molecule has 1 rings (SSSR count). The van der Waals surface area contributed by atoms with E-state index in [1.165, 1.54) is 18.2 Å². The topological polar surface area (TPSA) is 61.3 Å². The second-order valence-corrected chi connectivity index (χ2v) is 4.54. The normalized spacial score (nSPS) is 12.7. The predicted octanol–water partition coefficient (Wildman–Crippen LogP) is 3.79. The van der Waals surface area contributed by atoms with Crippen LogP contribution in [0.1, 0.15) is 30.9 Å². The van der Waals surface area contributed by atoms with Gasteiger partial charge >= 0.3 is 6.36 Å². The third-order valence-corrected chi connectivity index (χ3v) is 2.87. The fourth-order valence-corrected chi connectivity index (χ4v) is 1.86. The van der Waals surface area contributed by atoms with Gasteiger partial charge in [0.2, 0.25) is 0 Å². The molecule has 0 aromatic heterocycles. The molecule has 3 nitrogen and oxygen atoms in total. The molecule has 0 bridgehead atoms. The summed E-state index contributed by atoms with van der Waals surface area (Å²) in [6, 6.07) is 3.79. The zero-order chi connectivity index (χ0) is 14.5. The molecule has 0 amide bonds. The smallest absolute Gasteiger partial charge is 0.404 e. The fourth-order valence-electron chi connectivity index (χ4n) is 1.63. The number of hydrogen-bond donors (Lipinski definition) is 2. The molecule has 0 unspecified atom stereocenters. The molecule has 0 aliphatic heterocycles. The van der Waals surface area contributed by atoms with Crippen LogP contribution in [-0.2, 0) is 0 Å². The maximum absolute atomic E-state index is 12.1. The highest BCUT2D eigenvalue weighted by Crippen LogP contribution is 2.32. The van der Waals surface area contributed by atoms with Gasteiger partial charge in [-0.15, -0.1) is 25.6 Å². The minimum absolute atomic E-state index is 0. The van der Waals surface area contributed by atoms with Gasteiger partial charge in [-0.2, -0.15) is 0 Å². The van der Waals surface area contributed by atoms with Crippen LogP contribution in [0, 0.1) is 0 Å². The van der Waals surface area contributed by atoms with Gasteiger partial charge in [-0.25, -0.2) is 0 Å². The van der Waals surface area contributed by atoms with E-state index in [2.05, 4.69) is 4.74 Å². The second kappa shape index (κ2) is 8.56. The van der Waals surface area contributed by atoms with Crippen molar-refractivity contribution in [2.45, 2.75) is 31.7 Å². The molecule has 0 heterocycles. The number of benzene rings is 1. The monoisotopic (exact) mass is 332 g/mol. The molecule has 8 heteroatoms. The van der Waals surface area contributed by atoms with Crippen molar-refractivity contribution in [1.29, 1.82) is 0 Å². The predicted molar refractivity (Wildman–Crippen MR) is 75.2 cm³/mol. The van der Waals surface area contributed by atoms with Crippen LogP contribution >= 0.6 is 24.0 Å². The molecular formula is C12H17Cl2F3N2O. The van der Waals surface area contributed by atoms with E-state index < -0.39 is 12.1 Å². The van der Waals surface area contributed by atoms with Gasteiger partial charge in [0.05, 0.1) is 5.02 Å². The van der Waals surface area contributed by atoms with E-state index in [0.717, 1.165) is 12.8 Å². The second-order valence-electron chi connectivity index (χ2n) is 4.13. The largest absolute Gasteiger partial charge is 0.573 e. The summed E-state index contributed by atoms with van der Waals surface area (Å²) in [6.07, 6.45) is -2.34. The number of nitrogens with two attached hydrogens (primary N) is 2. The fraction of sp³-hybridized carbons (Fsp3) is 0.500. The molecule has 1 aromatic rings. The first kappa shape index (κ1) is 19.3. The first-order valence-electron chi connectivity index (χ1n) is 5.84. The van der Waals surface area contributed by atoms with Crippen LogP contribution in [0.15, 0.2) is 18.2 Å². The molecule has 0 fully saturated rings. The molecule has 0 aliphatic carbocycles. The highest BCUT2D eigenvalue weighted by molar-refractivity contribution is 6.32. The molecule has 20 heavy (non-hydrogen) atoms. The Morgan fingerprint density at radius 3 is 2.40 bits per heavy atom. The van der Waals surface area contributed by atoms with Crippen molar-refractivity contribution in [2.75, 3.05) is 6.54 Å². The van der Waals surface area contributed by atoms with Crippen LogP contribution < -0.4 is 16.2 Å². The molecule has 116 valence electrons. The molecule has 0 saturated carbocycles. The van der Waals surface area contributed by atoms with Crippen molar-refractivity contribution >= 4 is 24.0 Å². The summed E-state index contributed by atoms with van der Waals surface area (Å²) in [4.78, 5) is 0. The highest BCUT2D eigenvalue weighted by Gasteiger charge is 2.32. The third kappa shape index (κ3) is 6.65. The van der Waals surface area contributed by atoms with Gasteiger partial charge in [0.1, 0.15) is 5.75 Å². The van der Waals surface area contributed by atoms with Crippen LogP contribution in [0.25, 0.3) is 0 Å². The highest BCUT2D eigenvalue weighted by atomic mass is 35.5. The quantitative estimate of drug-likeness (QED) is 0.779. The van der Waals surface area contributed by atoms with E-state index in [4.69, 9.17) is 23.1 Å². The Morgan fingerprint density at radius 2 is 1.90 bits per heavy atom. The van der Waals surface area contributed by atoms with Gasteiger partial charge in [-0.1, -0.05) is 24.1 Å². The standard InChI is InChI=1S/C12H16ClF3N2O.ClH/c13-9-7-8(10(18)3-1-2-6-17)4-5-11(9)19-12(14,15)16;/h4-5,7,10H,1-3,6,17-18H2;1H/t10-;/m0./s1. The maximum atomic E-state index is 12.1. The Morgan fingerprint density at radius 1 is 1.25 bits per heavy atom. The van der Waals surface area contributed by atoms with Gasteiger partial charge in [-0.05, 0) is 37.1 Å². The molecular weight excluding hydrogens is 316 g/mol. The maximum Gasteiger partial charge on any atom is 0.573 e. The molecule has 1 aromatic carbocycles. The number of rotatable bonds is 6. The number of alkyl halides is 3. The van der Waals surface area contributed by atoms with E-state index in [9.17, 15) is 13.2 Å². The summed E-state index contributed by atoms with van der Waals surface area (Å²) in [6.45, 7) is 0.589. The summed E-state index contributed by atoms with van der Waals surface area (Å²) in [7, 11) is 0. The SMILES string of the molecule is Cl.NCCCC[C@H](N)c1ccc(OC(F)(F)F)c(Cl)c1. The molecule has 0 aliphatic rings. The zero-order valence-corrected chi connectivity index (χ0v) is 12.2. The van der Waals surface area contributed by atoms with E-state index in [1.54, 1.807) is 0 Å². The van der Waals surface area contributed by atoms with Crippen molar-refractivity contribution < 1.29 is 17.9 Å². The number of ether oxygens (including phenoxy) is 1. The Balaban J connectivity index is 0.00000361. The van der Waals surface area contributed by atoms with Gasteiger partial charge < -0.3 is 16.2 Å². The van der Waals surface area contributed by atoms with Crippen LogP contribution in [0.3, 0.4) is 0 Å². The average Bonchev–Trinajstić information content (AvgIpc) is 2.30. The van der Waals surface area contributed by atoms with Gasteiger partial charge in [0.15, 0.2) is 0 Å². The van der Waals surface area contributed by atoms with Gasteiger partial charge in [0.25, 0.3) is 0 Å². The van der Waals surface area contributed by atoms with Crippen LogP contribution in [0.4, 0.5) is 13.2 Å². The minimum atomic E-state index is -4.76. The molecule has 0 radical (unpaired) electrons. The van der Waals surface area contributed by atoms with Crippen molar-refractivity contribution in [2.24, 2.45) is 11.5 Å². The van der Waals surface area contributed by atoms with E-state index >= 15 is 0 Å². The lowest BCUT2D eigenvalue weighted by Crippen LogP contribution is -2.17. The molecule has 1 atom stereocenters. The van der Waals surface area contributed by atoms with Gasteiger partial charge in [0, 0.05) is 6.04 Å². The Kier molecular flexibility index (Phi) is 8.27. The van der Waals surface area contributed by atoms with Crippen molar-refractivity contribution in [3.63, 3.8) is 0 Å². The number of hydrogen-bond acceptors (Lipinski definition) is 3. The summed E-state index contributed by atoms with van der Waals surface area (Å²) in [5, 5.41) is -0.107. The Hall–Kier alpha value is -0.690. The molecule has 0 saturated heterocycles. The first-order valence-corrected chi connectivity index (χ1v) is 6.22. The minimum Gasteiger partial charge on any atom is -0.404 e. The lowest BCUT2D eigenvalue weighted by atomic mass is 10.0. The van der Waals surface area contributed by atoms with Crippen molar-refractivity contribution in [1.82, 2.24) is 0 Å². The zero-order valence-electron chi connectivity index (χ0n) is 10.6. The lowest BCUT2D eigenvalue weighted by molar-refractivity contribution is -0.274. The summed E-state index contributed by atoms with van der Waals surface area (Å²) >= 11 is 5.74. The van der Waals surface area contributed by atoms with E-state index in [1.807, 2.05) is 0 Å². The first-order chi connectivity index (χ1) is 8.83. The van der Waals surface area contributed by atoms with E-state index in [-0.39, 0.29) is 23.5 Å². The van der Waals surface area contributed by atoms with Crippen LogP contribution in [0.2, 0.25) is 5.02 Å². The summed E-state index contributed by atoms with van der Waals surface area (Å²) in [5.74, 6) is -0.424. The summed E-state index contributed by atoms with van der Waals surface area (Å²) < 4.78 is 40.0. The summed E-state index contributed by atoms with van der Waals surface area (Å²) in [5.41, 5.74) is 12.0. The third-order valence-electron chi connectivity index (χ3n) is 2.58. The molecule has 0 spiro atoms. The number of unbranched alkanes of at least 4 members (excludes halogenated alkanes) is 1.